The van der Waals surface area contributed by atoms with Gasteiger partial charge in [0.25, 0.3) is 0 Å². The maximum absolute atomic E-state index is 11.2. The van der Waals surface area contributed by atoms with Crippen LogP contribution in [0.2, 0.25) is 0 Å². The van der Waals surface area contributed by atoms with Crippen molar-refractivity contribution in [2.24, 2.45) is 0 Å². The highest BCUT2D eigenvalue weighted by Crippen LogP contribution is 2.73. The summed E-state index contributed by atoms with van der Waals surface area (Å²) in [4.78, 5) is 0.797. The van der Waals surface area contributed by atoms with Crippen LogP contribution >= 0.6 is 28.3 Å². The second kappa shape index (κ2) is 2.46. The Morgan fingerprint density at radius 1 is 1.89 bits per heavy atom. The second-order valence-corrected chi connectivity index (χ2v) is 10.3. The lowest BCUT2D eigenvalue weighted by Gasteiger charge is -1.96. The molecule has 0 radical (unpaired) electrons. The standard InChI is InChI=1S/C5H5OPS2/c1-3-5-4-8-7(2,6)9-5/h1,4H,2H3. The monoisotopic (exact) mass is 176 g/mol. The first-order valence-electron chi connectivity index (χ1n) is 2.26. The summed E-state index contributed by atoms with van der Waals surface area (Å²) in [7, 11) is 0. The predicted molar refractivity (Wildman–Crippen MR) is 45.6 cm³/mol. The third-order valence-corrected chi connectivity index (χ3v) is 6.89. The Morgan fingerprint density at radius 2 is 2.56 bits per heavy atom. The van der Waals surface area contributed by atoms with E-state index in [4.69, 9.17) is 6.42 Å². The number of terminal acetylenes is 1. The van der Waals surface area contributed by atoms with Crippen molar-refractivity contribution in [2.45, 2.75) is 0 Å². The molecule has 0 saturated heterocycles. The highest BCUT2D eigenvalue weighted by Gasteiger charge is 2.23. The van der Waals surface area contributed by atoms with Gasteiger partial charge in [0.15, 0.2) is 5.55 Å². The van der Waals surface area contributed by atoms with Crippen LogP contribution in [0.1, 0.15) is 0 Å². The van der Waals surface area contributed by atoms with Gasteiger partial charge in [-0.05, 0) is 11.4 Å². The zero-order valence-corrected chi connectivity index (χ0v) is 7.35. The minimum absolute atomic E-state index is 0.797. The highest BCUT2D eigenvalue weighted by molar-refractivity contribution is 8.93. The van der Waals surface area contributed by atoms with Crippen LogP contribution in [-0.2, 0) is 4.57 Å². The maximum Gasteiger partial charge on any atom is 0.197 e. The highest BCUT2D eigenvalue weighted by atomic mass is 33.1. The summed E-state index contributed by atoms with van der Waals surface area (Å²) in [6.07, 6.45) is 5.08. The number of allylic oxidation sites excluding steroid dienone is 1. The van der Waals surface area contributed by atoms with E-state index in [-0.39, 0.29) is 0 Å². The van der Waals surface area contributed by atoms with Gasteiger partial charge in [0.2, 0.25) is 0 Å². The van der Waals surface area contributed by atoms with E-state index in [9.17, 15) is 4.57 Å². The van der Waals surface area contributed by atoms with Gasteiger partial charge in [0.05, 0.1) is 4.91 Å². The first kappa shape index (κ1) is 7.34. The summed E-state index contributed by atoms with van der Waals surface area (Å²) in [5.74, 6) is 2.45. The molecular formula is C5H5OPS2. The van der Waals surface area contributed by atoms with Gasteiger partial charge >= 0.3 is 0 Å². The molecule has 1 aliphatic heterocycles. The molecule has 0 saturated carbocycles. The van der Waals surface area contributed by atoms with Gasteiger partial charge in [-0.1, -0.05) is 17.3 Å². The fraction of sp³-hybridized carbons (Fsp3) is 0.200. The Balaban J connectivity index is 2.74. The summed E-state index contributed by atoms with van der Waals surface area (Å²) in [5, 5.41) is 1.78. The molecule has 4 heteroatoms. The average Bonchev–Trinajstić information content (AvgIpc) is 2.10. The molecule has 0 fully saturated rings. The third kappa shape index (κ3) is 1.82. The topological polar surface area (TPSA) is 17.1 Å². The second-order valence-electron chi connectivity index (χ2n) is 1.59. The zero-order valence-electron chi connectivity index (χ0n) is 4.83. The smallest absolute Gasteiger partial charge is 0.197 e. The Hall–Kier alpha value is 0.230. The number of hydrogen-bond acceptors (Lipinski definition) is 3. The predicted octanol–water partition coefficient (Wildman–Crippen LogP) is 2.76. The quantitative estimate of drug-likeness (QED) is 0.417. The van der Waals surface area contributed by atoms with Crippen molar-refractivity contribution >= 4 is 28.3 Å². The maximum atomic E-state index is 11.2. The molecule has 0 aromatic rings. The lowest BCUT2D eigenvalue weighted by molar-refractivity contribution is 0.597. The van der Waals surface area contributed by atoms with Crippen LogP contribution in [-0.4, -0.2) is 6.66 Å². The molecule has 0 aliphatic carbocycles. The molecule has 0 aromatic heterocycles. The Morgan fingerprint density at radius 3 is 2.78 bits per heavy atom. The van der Waals surface area contributed by atoms with Gasteiger partial charge in [-0.3, -0.25) is 0 Å². The van der Waals surface area contributed by atoms with E-state index >= 15 is 0 Å². The molecule has 1 rings (SSSR count). The van der Waals surface area contributed by atoms with Crippen LogP contribution in [0.4, 0.5) is 0 Å². The molecule has 0 amide bonds. The van der Waals surface area contributed by atoms with Crippen molar-refractivity contribution in [3.63, 3.8) is 0 Å². The van der Waals surface area contributed by atoms with Crippen molar-refractivity contribution in [1.29, 1.82) is 0 Å². The van der Waals surface area contributed by atoms with Crippen molar-refractivity contribution in [2.75, 3.05) is 6.66 Å². The molecular weight excluding hydrogens is 171 g/mol. The molecule has 1 atom stereocenters. The third-order valence-electron chi connectivity index (χ3n) is 0.758. The summed E-state index contributed by atoms with van der Waals surface area (Å²) in [5.41, 5.74) is -2.02. The summed E-state index contributed by atoms with van der Waals surface area (Å²) in [6.45, 7) is 1.73. The van der Waals surface area contributed by atoms with Gasteiger partial charge in [0.1, 0.15) is 0 Å². The lowest BCUT2D eigenvalue weighted by atomic mass is 10.7. The van der Waals surface area contributed by atoms with E-state index in [2.05, 4.69) is 5.92 Å². The number of hydrogen-bond donors (Lipinski definition) is 0. The van der Waals surface area contributed by atoms with Crippen LogP contribution in [0.5, 0.6) is 0 Å². The van der Waals surface area contributed by atoms with E-state index in [0.717, 1.165) is 4.91 Å². The Kier molecular flexibility index (Phi) is 2.00. The Labute approximate surface area is 62.5 Å². The average molecular weight is 176 g/mol. The lowest BCUT2D eigenvalue weighted by Crippen LogP contribution is -1.57. The largest absolute Gasteiger partial charge is 0.300 e. The molecule has 0 aromatic carbocycles. The molecule has 48 valence electrons. The molecule has 1 nitrogen and oxygen atoms in total. The fourth-order valence-corrected chi connectivity index (χ4v) is 5.90. The molecule has 1 heterocycles. The molecule has 9 heavy (non-hydrogen) atoms. The molecule has 0 spiro atoms. The summed E-state index contributed by atoms with van der Waals surface area (Å²) < 4.78 is 11.2. The first-order chi connectivity index (χ1) is 4.14. The Bertz CT molecular complexity index is 238. The molecule has 1 unspecified atom stereocenters. The number of rotatable bonds is 0. The SMILES string of the molecule is C#CC1=CSP(C)(=O)S1. The minimum Gasteiger partial charge on any atom is -0.300 e. The van der Waals surface area contributed by atoms with E-state index in [0.29, 0.717) is 0 Å². The molecule has 0 bridgehead atoms. The summed E-state index contributed by atoms with van der Waals surface area (Å²) >= 11 is 2.66. The van der Waals surface area contributed by atoms with Crippen LogP contribution in [0.3, 0.4) is 0 Å². The molecule has 0 N–H and O–H groups in total. The van der Waals surface area contributed by atoms with Crippen molar-refractivity contribution < 1.29 is 4.57 Å². The van der Waals surface area contributed by atoms with Crippen LogP contribution in [0.25, 0.3) is 0 Å². The van der Waals surface area contributed by atoms with Crippen LogP contribution in [0.15, 0.2) is 10.3 Å². The fourth-order valence-electron chi connectivity index (χ4n) is 0.426. The first-order valence-corrected chi connectivity index (χ1v) is 7.32. The van der Waals surface area contributed by atoms with Crippen molar-refractivity contribution in [1.82, 2.24) is 0 Å². The van der Waals surface area contributed by atoms with Gasteiger partial charge in [-0.25, -0.2) is 0 Å². The molecule has 1 aliphatic rings. The van der Waals surface area contributed by atoms with E-state index in [1.54, 1.807) is 12.1 Å². The minimum atomic E-state index is -2.02. The van der Waals surface area contributed by atoms with E-state index in [1.807, 2.05) is 0 Å². The van der Waals surface area contributed by atoms with Crippen LogP contribution in [0, 0.1) is 12.3 Å². The van der Waals surface area contributed by atoms with Gasteiger partial charge in [-0.2, -0.15) is 0 Å². The normalized spacial score (nSPS) is 33.6. The van der Waals surface area contributed by atoms with E-state index in [1.165, 1.54) is 22.8 Å². The van der Waals surface area contributed by atoms with Gasteiger partial charge in [-0.15, -0.1) is 6.42 Å². The van der Waals surface area contributed by atoms with Crippen molar-refractivity contribution in [3.05, 3.63) is 10.3 Å². The van der Waals surface area contributed by atoms with Crippen LogP contribution < -0.4 is 0 Å². The van der Waals surface area contributed by atoms with E-state index < -0.39 is 5.55 Å². The van der Waals surface area contributed by atoms with Gasteiger partial charge < -0.3 is 4.57 Å². The zero-order chi connectivity index (χ0) is 6.91. The van der Waals surface area contributed by atoms with Crippen molar-refractivity contribution in [3.8, 4) is 12.3 Å². The summed E-state index contributed by atoms with van der Waals surface area (Å²) in [6, 6.07) is 0. The van der Waals surface area contributed by atoms with Gasteiger partial charge in [0, 0.05) is 12.1 Å².